The molecule has 0 spiro atoms. The van der Waals surface area contributed by atoms with Gasteiger partial charge in [-0.05, 0) is 25.7 Å². The Balaban J connectivity index is 3.19. The molecule has 1 unspecified atom stereocenters. The lowest BCUT2D eigenvalue weighted by Crippen LogP contribution is -2.10. The summed E-state index contributed by atoms with van der Waals surface area (Å²) in [6, 6.07) is 0. The van der Waals surface area contributed by atoms with Crippen LogP contribution in [0.15, 0.2) is 0 Å². The van der Waals surface area contributed by atoms with E-state index in [2.05, 4.69) is 37.5 Å². The van der Waals surface area contributed by atoms with E-state index >= 15 is 0 Å². The molecule has 3 nitrogen and oxygen atoms in total. The zero-order valence-electron chi connectivity index (χ0n) is 11.1. The lowest BCUT2D eigenvalue weighted by molar-refractivity contribution is 0.197. The van der Waals surface area contributed by atoms with Gasteiger partial charge in [0.2, 0.25) is 0 Å². The Labute approximate surface area is 98.5 Å². The summed E-state index contributed by atoms with van der Waals surface area (Å²) in [6.07, 6.45) is 1.41. The predicted molar refractivity (Wildman–Crippen MR) is 66.5 cm³/mol. The number of aliphatic hydroxyl groups excluding tert-OH is 1. The zero-order valence-corrected chi connectivity index (χ0v) is 11.1. The first-order chi connectivity index (χ1) is 7.51. The van der Waals surface area contributed by atoms with E-state index in [-0.39, 0.29) is 0 Å². The van der Waals surface area contributed by atoms with Gasteiger partial charge in [0.25, 0.3) is 0 Å². The fourth-order valence-electron chi connectivity index (χ4n) is 2.18. The van der Waals surface area contributed by atoms with E-state index in [1.165, 1.54) is 5.69 Å². The SMILES string of the molecule is CCc1nn(CC(C)C)c(CC)c1C(C)O. The third-order valence-electron chi connectivity index (χ3n) is 2.80. The monoisotopic (exact) mass is 224 g/mol. The summed E-state index contributed by atoms with van der Waals surface area (Å²) in [5.41, 5.74) is 3.29. The molecule has 0 amide bonds. The Hall–Kier alpha value is -0.830. The fourth-order valence-corrected chi connectivity index (χ4v) is 2.18. The van der Waals surface area contributed by atoms with Crippen molar-refractivity contribution in [1.82, 2.24) is 9.78 Å². The van der Waals surface area contributed by atoms with Crippen molar-refractivity contribution in [3.05, 3.63) is 17.0 Å². The van der Waals surface area contributed by atoms with Crippen molar-refractivity contribution in [2.24, 2.45) is 5.92 Å². The van der Waals surface area contributed by atoms with Crippen LogP contribution >= 0.6 is 0 Å². The number of nitrogens with zero attached hydrogens (tertiary/aromatic N) is 2. The highest BCUT2D eigenvalue weighted by molar-refractivity contribution is 5.28. The third-order valence-corrected chi connectivity index (χ3v) is 2.80. The van der Waals surface area contributed by atoms with Gasteiger partial charge in [-0.1, -0.05) is 27.7 Å². The molecular weight excluding hydrogens is 200 g/mol. The maximum atomic E-state index is 9.84. The Morgan fingerprint density at radius 2 is 1.81 bits per heavy atom. The molecule has 92 valence electrons. The van der Waals surface area contributed by atoms with Crippen molar-refractivity contribution in [1.29, 1.82) is 0 Å². The summed E-state index contributed by atoms with van der Waals surface area (Å²) in [4.78, 5) is 0. The minimum atomic E-state index is -0.411. The van der Waals surface area contributed by atoms with Crippen LogP contribution in [0.25, 0.3) is 0 Å². The van der Waals surface area contributed by atoms with E-state index in [1.54, 1.807) is 0 Å². The van der Waals surface area contributed by atoms with Gasteiger partial charge < -0.3 is 5.11 Å². The largest absolute Gasteiger partial charge is 0.389 e. The van der Waals surface area contributed by atoms with Crippen molar-refractivity contribution in [3.8, 4) is 0 Å². The quantitative estimate of drug-likeness (QED) is 0.835. The molecule has 0 aliphatic carbocycles. The van der Waals surface area contributed by atoms with Crippen LogP contribution in [0.3, 0.4) is 0 Å². The molecule has 0 saturated heterocycles. The molecule has 1 aromatic heterocycles. The first kappa shape index (κ1) is 13.2. The number of rotatable bonds is 5. The molecule has 0 aromatic carbocycles. The second-order valence-electron chi connectivity index (χ2n) is 4.77. The topological polar surface area (TPSA) is 38.0 Å². The van der Waals surface area contributed by atoms with Gasteiger partial charge in [0.15, 0.2) is 0 Å². The van der Waals surface area contributed by atoms with Crippen LogP contribution in [-0.4, -0.2) is 14.9 Å². The Morgan fingerprint density at radius 3 is 2.19 bits per heavy atom. The van der Waals surface area contributed by atoms with Crippen molar-refractivity contribution in [3.63, 3.8) is 0 Å². The van der Waals surface area contributed by atoms with Gasteiger partial charge in [-0.2, -0.15) is 5.10 Å². The van der Waals surface area contributed by atoms with E-state index in [0.29, 0.717) is 5.92 Å². The highest BCUT2D eigenvalue weighted by atomic mass is 16.3. The highest BCUT2D eigenvalue weighted by Crippen LogP contribution is 2.24. The Kier molecular flexibility index (Phi) is 4.54. The van der Waals surface area contributed by atoms with Crippen LogP contribution in [0.2, 0.25) is 0 Å². The number of aryl methyl sites for hydroxylation is 1. The molecule has 0 aliphatic heterocycles. The minimum absolute atomic E-state index is 0.411. The van der Waals surface area contributed by atoms with E-state index < -0.39 is 6.10 Å². The summed E-state index contributed by atoms with van der Waals surface area (Å²) in [5, 5.41) is 14.5. The van der Waals surface area contributed by atoms with Crippen LogP contribution in [0.1, 0.15) is 57.7 Å². The smallest absolute Gasteiger partial charge is 0.0798 e. The van der Waals surface area contributed by atoms with Crippen molar-refractivity contribution in [2.45, 2.75) is 60.1 Å². The van der Waals surface area contributed by atoms with Crippen LogP contribution in [0.5, 0.6) is 0 Å². The lowest BCUT2D eigenvalue weighted by atomic mass is 10.0. The first-order valence-corrected chi connectivity index (χ1v) is 6.27. The van der Waals surface area contributed by atoms with Gasteiger partial charge in [-0.25, -0.2) is 0 Å². The number of hydrogen-bond acceptors (Lipinski definition) is 2. The standard InChI is InChI=1S/C13H24N2O/c1-6-11-13(10(5)16)12(7-2)15(14-11)8-9(3)4/h9-10,16H,6-8H2,1-5H3. The molecule has 1 atom stereocenters. The third kappa shape index (κ3) is 2.64. The van der Waals surface area contributed by atoms with Crippen LogP contribution in [0.4, 0.5) is 0 Å². The molecule has 0 aliphatic rings. The predicted octanol–water partition coefficient (Wildman–Crippen LogP) is 2.72. The number of hydrogen-bond donors (Lipinski definition) is 1. The van der Waals surface area contributed by atoms with E-state index in [4.69, 9.17) is 0 Å². The maximum absolute atomic E-state index is 9.84. The Morgan fingerprint density at radius 1 is 1.19 bits per heavy atom. The molecule has 1 heterocycles. The average molecular weight is 224 g/mol. The normalized spacial score (nSPS) is 13.4. The number of aliphatic hydroxyl groups is 1. The minimum Gasteiger partial charge on any atom is -0.389 e. The average Bonchev–Trinajstić information content (AvgIpc) is 2.54. The van der Waals surface area contributed by atoms with Crippen LogP contribution in [0, 0.1) is 5.92 Å². The summed E-state index contributed by atoms with van der Waals surface area (Å²) < 4.78 is 2.07. The molecular formula is C13H24N2O. The molecule has 3 heteroatoms. The second-order valence-corrected chi connectivity index (χ2v) is 4.77. The molecule has 1 rings (SSSR count). The lowest BCUT2D eigenvalue weighted by Gasteiger charge is -2.11. The van der Waals surface area contributed by atoms with Gasteiger partial charge >= 0.3 is 0 Å². The molecule has 0 fully saturated rings. The van der Waals surface area contributed by atoms with E-state index in [1.807, 2.05) is 6.92 Å². The van der Waals surface area contributed by atoms with Gasteiger partial charge in [0.1, 0.15) is 0 Å². The van der Waals surface area contributed by atoms with Gasteiger partial charge in [-0.3, -0.25) is 4.68 Å². The number of aromatic nitrogens is 2. The van der Waals surface area contributed by atoms with Crippen molar-refractivity contribution >= 4 is 0 Å². The zero-order chi connectivity index (χ0) is 12.3. The summed E-state index contributed by atoms with van der Waals surface area (Å²) in [6.45, 7) is 11.4. The Bertz CT molecular complexity index is 340. The van der Waals surface area contributed by atoms with E-state index in [0.717, 1.165) is 30.6 Å². The van der Waals surface area contributed by atoms with Crippen molar-refractivity contribution < 1.29 is 5.11 Å². The fraction of sp³-hybridized carbons (Fsp3) is 0.769. The molecule has 1 N–H and O–H groups in total. The van der Waals surface area contributed by atoms with Gasteiger partial charge in [-0.15, -0.1) is 0 Å². The molecule has 16 heavy (non-hydrogen) atoms. The summed E-state index contributed by atoms with van der Waals surface area (Å²) in [5.74, 6) is 0.580. The van der Waals surface area contributed by atoms with Crippen LogP contribution < -0.4 is 0 Å². The summed E-state index contributed by atoms with van der Waals surface area (Å²) in [7, 11) is 0. The maximum Gasteiger partial charge on any atom is 0.0798 e. The second kappa shape index (κ2) is 5.48. The molecule has 0 radical (unpaired) electrons. The first-order valence-electron chi connectivity index (χ1n) is 6.27. The highest BCUT2D eigenvalue weighted by Gasteiger charge is 2.19. The molecule has 1 aromatic rings. The van der Waals surface area contributed by atoms with E-state index in [9.17, 15) is 5.11 Å². The van der Waals surface area contributed by atoms with Gasteiger partial charge in [0.05, 0.1) is 11.8 Å². The molecule has 0 saturated carbocycles. The van der Waals surface area contributed by atoms with Gasteiger partial charge in [0, 0.05) is 17.8 Å². The van der Waals surface area contributed by atoms with Crippen LogP contribution in [-0.2, 0) is 19.4 Å². The molecule has 0 bridgehead atoms. The summed E-state index contributed by atoms with van der Waals surface area (Å²) >= 11 is 0. The van der Waals surface area contributed by atoms with Crippen molar-refractivity contribution in [2.75, 3.05) is 0 Å².